The Labute approximate surface area is 190 Å². The van der Waals surface area contributed by atoms with Crippen molar-refractivity contribution in [3.05, 3.63) is 95.1 Å². The second kappa shape index (κ2) is 9.19. The van der Waals surface area contributed by atoms with Crippen LogP contribution in [0.4, 0.5) is 14.5 Å². The van der Waals surface area contributed by atoms with Gasteiger partial charge in [-0.15, -0.1) is 0 Å². The zero-order valence-electron chi connectivity index (χ0n) is 17.7. The topological polar surface area (TPSA) is 75.7 Å². The molecule has 33 heavy (non-hydrogen) atoms. The summed E-state index contributed by atoms with van der Waals surface area (Å²) < 4.78 is 54.6. The van der Waals surface area contributed by atoms with Gasteiger partial charge in [0.05, 0.1) is 18.0 Å². The number of carbonyl (C=O) groups is 1. The predicted molar refractivity (Wildman–Crippen MR) is 121 cm³/mol. The van der Waals surface area contributed by atoms with Gasteiger partial charge in [0, 0.05) is 12.1 Å². The van der Waals surface area contributed by atoms with Crippen molar-refractivity contribution in [2.24, 2.45) is 0 Å². The van der Waals surface area contributed by atoms with E-state index in [1.165, 1.54) is 16.4 Å². The van der Waals surface area contributed by atoms with Crippen molar-refractivity contribution < 1.29 is 26.7 Å². The fourth-order valence-corrected chi connectivity index (χ4v) is 4.88. The maximum atomic E-state index is 13.1. The molecule has 4 rings (SSSR count). The Kier molecular flexibility index (Phi) is 6.33. The molecule has 9 heteroatoms. The third kappa shape index (κ3) is 5.14. The number of nitrogens with one attached hydrogen (secondary N) is 1. The molecule has 1 amide bonds. The third-order valence-electron chi connectivity index (χ3n) is 5.44. The van der Waals surface area contributed by atoms with Gasteiger partial charge in [0.25, 0.3) is 5.91 Å². The quantitative estimate of drug-likeness (QED) is 0.561. The fraction of sp³-hybridized carbons (Fsp3) is 0.208. The van der Waals surface area contributed by atoms with Crippen LogP contribution in [0.15, 0.2) is 72.8 Å². The van der Waals surface area contributed by atoms with Gasteiger partial charge in [-0.25, -0.2) is 8.42 Å². The van der Waals surface area contributed by atoms with Crippen molar-refractivity contribution >= 4 is 21.6 Å². The summed E-state index contributed by atoms with van der Waals surface area (Å²) in [4.78, 5) is 13.1. The summed E-state index contributed by atoms with van der Waals surface area (Å²) in [5, 5.41) is 3.00. The van der Waals surface area contributed by atoms with Crippen LogP contribution in [0, 0.1) is 0 Å². The lowest BCUT2D eigenvalue weighted by Gasteiger charge is -2.21. The molecule has 1 aliphatic rings. The first kappa shape index (κ1) is 22.7. The molecular formula is C24H22F2N2O4S. The number of halogens is 2. The minimum Gasteiger partial charge on any atom is -0.435 e. The maximum absolute atomic E-state index is 13.1. The maximum Gasteiger partial charge on any atom is 0.387 e. The van der Waals surface area contributed by atoms with Gasteiger partial charge in [-0.2, -0.15) is 8.78 Å². The van der Waals surface area contributed by atoms with Gasteiger partial charge >= 0.3 is 6.61 Å². The second-order valence-corrected chi connectivity index (χ2v) is 9.60. The Morgan fingerprint density at radius 3 is 2.30 bits per heavy atom. The SMILES string of the molecule is CS(=O)(=O)N1CCc2cc(C(=O)N[C@H](c3ccccc3)c3ccc(OC(F)F)cc3)ccc21. The Hall–Kier alpha value is -3.46. The molecule has 6 nitrogen and oxygen atoms in total. The lowest BCUT2D eigenvalue weighted by Crippen LogP contribution is -2.29. The molecule has 1 atom stereocenters. The number of hydrogen-bond donors (Lipinski definition) is 1. The Balaban J connectivity index is 1.60. The van der Waals surface area contributed by atoms with Crippen LogP contribution < -0.4 is 14.4 Å². The minimum absolute atomic E-state index is 0.0286. The van der Waals surface area contributed by atoms with Gasteiger partial charge in [-0.1, -0.05) is 42.5 Å². The summed E-state index contributed by atoms with van der Waals surface area (Å²) in [6.07, 6.45) is 1.68. The molecule has 1 N–H and O–H groups in total. The summed E-state index contributed by atoms with van der Waals surface area (Å²) >= 11 is 0. The number of hydrogen-bond acceptors (Lipinski definition) is 4. The summed E-state index contributed by atoms with van der Waals surface area (Å²) in [6, 6.07) is 19.8. The molecule has 3 aromatic carbocycles. The van der Waals surface area contributed by atoms with Crippen molar-refractivity contribution in [3.63, 3.8) is 0 Å². The van der Waals surface area contributed by atoms with Crippen LogP contribution in [0.3, 0.4) is 0 Å². The van der Waals surface area contributed by atoms with E-state index in [9.17, 15) is 22.0 Å². The Morgan fingerprint density at radius 1 is 1.00 bits per heavy atom. The van der Waals surface area contributed by atoms with Crippen LogP contribution in [0.2, 0.25) is 0 Å². The average Bonchev–Trinajstić information content (AvgIpc) is 3.22. The smallest absolute Gasteiger partial charge is 0.387 e. The van der Waals surface area contributed by atoms with E-state index < -0.39 is 22.7 Å². The van der Waals surface area contributed by atoms with Crippen molar-refractivity contribution in [2.75, 3.05) is 17.1 Å². The van der Waals surface area contributed by atoms with Crippen molar-refractivity contribution in [3.8, 4) is 5.75 Å². The molecular weight excluding hydrogens is 450 g/mol. The second-order valence-electron chi connectivity index (χ2n) is 7.69. The zero-order valence-corrected chi connectivity index (χ0v) is 18.6. The number of amides is 1. The van der Waals surface area contributed by atoms with Gasteiger partial charge < -0.3 is 10.1 Å². The van der Waals surface area contributed by atoms with E-state index in [4.69, 9.17) is 0 Å². The molecule has 172 valence electrons. The Morgan fingerprint density at radius 2 is 1.67 bits per heavy atom. The molecule has 0 bridgehead atoms. The van der Waals surface area contributed by atoms with Crippen molar-refractivity contribution in [1.29, 1.82) is 0 Å². The summed E-state index contributed by atoms with van der Waals surface area (Å²) in [6.45, 7) is -2.57. The van der Waals surface area contributed by atoms with E-state index in [0.717, 1.165) is 17.4 Å². The summed E-state index contributed by atoms with van der Waals surface area (Å²) in [5.41, 5.74) is 3.29. The first-order valence-electron chi connectivity index (χ1n) is 10.2. The largest absolute Gasteiger partial charge is 0.435 e. The molecule has 0 spiro atoms. The highest BCUT2D eigenvalue weighted by molar-refractivity contribution is 7.92. The van der Waals surface area contributed by atoms with Crippen LogP contribution in [-0.4, -0.2) is 33.7 Å². The molecule has 0 aliphatic carbocycles. The lowest BCUT2D eigenvalue weighted by atomic mass is 9.98. The number of fused-ring (bicyclic) bond motifs is 1. The molecule has 0 radical (unpaired) electrons. The number of nitrogens with zero attached hydrogens (tertiary/aromatic N) is 1. The highest BCUT2D eigenvalue weighted by atomic mass is 32.2. The number of alkyl halides is 2. The first-order valence-corrected chi connectivity index (χ1v) is 12.1. The molecule has 0 saturated heterocycles. The predicted octanol–water partition coefficient (Wildman–Crippen LogP) is 4.13. The van der Waals surface area contributed by atoms with E-state index in [2.05, 4.69) is 10.1 Å². The molecule has 1 heterocycles. The van der Waals surface area contributed by atoms with E-state index in [0.29, 0.717) is 29.8 Å². The van der Waals surface area contributed by atoms with Crippen LogP contribution in [0.5, 0.6) is 5.75 Å². The minimum atomic E-state index is -3.38. The van der Waals surface area contributed by atoms with Gasteiger partial charge in [0.2, 0.25) is 10.0 Å². The monoisotopic (exact) mass is 472 g/mol. The number of rotatable bonds is 7. The van der Waals surface area contributed by atoms with Crippen LogP contribution >= 0.6 is 0 Å². The molecule has 1 aliphatic heterocycles. The van der Waals surface area contributed by atoms with Crippen LogP contribution in [0.1, 0.15) is 33.1 Å². The van der Waals surface area contributed by atoms with E-state index in [1.54, 1.807) is 30.3 Å². The third-order valence-corrected chi connectivity index (χ3v) is 6.62. The number of ether oxygens (including phenoxy) is 1. The van der Waals surface area contributed by atoms with E-state index in [1.807, 2.05) is 30.3 Å². The zero-order chi connectivity index (χ0) is 23.6. The lowest BCUT2D eigenvalue weighted by molar-refractivity contribution is -0.0498. The fourth-order valence-electron chi connectivity index (χ4n) is 3.92. The average molecular weight is 473 g/mol. The standard InChI is InChI=1S/C24H22F2N2O4S/c1-33(30,31)28-14-13-18-15-19(9-12-21(18)28)23(29)27-22(16-5-3-2-4-6-16)17-7-10-20(11-8-17)32-24(25)26/h2-12,15,22,24H,13-14H2,1H3,(H,27,29)/t22-/m1/s1. The molecule has 0 unspecified atom stereocenters. The molecule has 0 aromatic heterocycles. The summed E-state index contributed by atoms with van der Waals surface area (Å²) in [7, 11) is -3.38. The van der Waals surface area contributed by atoms with Crippen molar-refractivity contribution in [1.82, 2.24) is 5.32 Å². The van der Waals surface area contributed by atoms with Crippen molar-refractivity contribution in [2.45, 2.75) is 19.1 Å². The van der Waals surface area contributed by atoms with E-state index >= 15 is 0 Å². The number of benzene rings is 3. The van der Waals surface area contributed by atoms with E-state index in [-0.39, 0.29) is 11.7 Å². The normalized spacial score (nSPS) is 14.1. The highest BCUT2D eigenvalue weighted by Gasteiger charge is 2.27. The molecule has 0 saturated carbocycles. The van der Waals surface area contributed by atoms with Gasteiger partial charge in [0.1, 0.15) is 5.75 Å². The van der Waals surface area contributed by atoms with Gasteiger partial charge in [-0.3, -0.25) is 9.10 Å². The number of anilines is 1. The van der Waals surface area contributed by atoms with Crippen LogP contribution in [0.25, 0.3) is 0 Å². The number of sulfonamides is 1. The van der Waals surface area contributed by atoms with Gasteiger partial charge in [-0.05, 0) is 53.4 Å². The van der Waals surface area contributed by atoms with Crippen LogP contribution in [-0.2, 0) is 16.4 Å². The highest BCUT2D eigenvalue weighted by Crippen LogP contribution is 2.31. The first-order chi connectivity index (χ1) is 15.7. The Bertz CT molecular complexity index is 1250. The van der Waals surface area contributed by atoms with Gasteiger partial charge in [0.15, 0.2) is 0 Å². The molecule has 3 aromatic rings. The summed E-state index contributed by atoms with van der Waals surface area (Å²) in [5.74, 6) is -0.307. The molecule has 0 fully saturated rings. The number of carbonyl (C=O) groups excluding carboxylic acids is 1.